The first-order chi connectivity index (χ1) is 15.7. The summed E-state index contributed by atoms with van der Waals surface area (Å²) in [5, 5.41) is 17.7. The van der Waals surface area contributed by atoms with Crippen molar-refractivity contribution < 1.29 is 13.2 Å². The molecule has 0 spiro atoms. The Morgan fingerprint density at radius 1 is 1.33 bits per heavy atom. The van der Waals surface area contributed by atoms with E-state index in [4.69, 9.17) is 11.6 Å². The van der Waals surface area contributed by atoms with E-state index in [1.54, 1.807) is 48.5 Å². The lowest BCUT2D eigenvalue weighted by atomic mass is 9.90. The summed E-state index contributed by atoms with van der Waals surface area (Å²) in [6.07, 6.45) is 6.01. The number of pyridine rings is 1. The lowest BCUT2D eigenvalue weighted by Gasteiger charge is -2.33. The van der Waals surface area contributed by atoms with Crippen molar-refractivity contribution in [2.24, 2.45) is 12.5 Å². The minimum atomic E-state index is -3.74. The van der Waals surface area contributed by atoms with Crippen LogP contribution >= 0.6 is 11.6 Å². The number of rotatable bonds is 5. The number of halogens is 1. The van der Waals surface area contributed by atoms with Crippen molar-refractivity contribution in [3.05, 3.63) is 52.9 Å². The predicted octanol–water partition coefficient (Wildman–Crippen LogP) is 2.79. The van der Waals surface area contributed by atoms with E-state index in [-0.39, 0.29) is 24.7 Å². The maximum Gasteiger partial charge on any atom is 0.233 e. The molecule has 1 atom stereocenters. The number of carbonyl (C=O) groups is 1. The number of hydrogen-bond acceptors (Lipinski definition) is 6. The third-order valence-corrected chi connectivity index (χ3v) is 8.59. The van der Waals surface area contributed by atoms with Crippen LogP contribution in [0.3, 0.4) is 0 Å². The van der Waals surface area contributed by atoms with E-state index in [1.807, 2.05) is 0 Å². The second-order valence-electron chi connectivity index (χ2n) is 8.72. The Kier molecular flexibility index (Phi) is 5.16. The van der Waals surface area contributed by atoms with E-state index < -0.39 is 21.4 Å². The van der Waals surface area contributed by atoms with Gasteiger partial charge in [-0.25, -0.2) is 8.42 Å². The Hall–Kier alpha value is -3.00. The molecule has 1 aromatic carbocycles. The van der Waals surface area contributed by atoms with Crippen molar-refractivity contribution in [2.75, 3.05) is 17.6 Å². The molecule has 3 aromatic rings. The molecule has 0 saturated heterocycles. The fourth-order valence-electron chi connectivity index (χ4n) is 4.35. The van der Waals surface area contributed by atoms with Crippen LogP contribution in [0.25, 0.3) is 10.9 Å². The van der Waals surface area contributed by atoms with E-state index in [1.165, 1.54) is 4.31 Å². The van der Waals surface area contributed by atoms with Gasteiger partial charge in [0.1, 0.15) is 0 Å². The fraction of sp³-hybridized carbons (Fsp3) is 0.364. The smallest absolute Gasteiger partial charge is 0.233 e. The van der Waals surface area contributed by atoms with Crippen molar-refractivity contribution in [3.63, 3.8) is 0 Å². The third kappa shape index (κ3) is 3.97. The molecule has 1 aliphatic carbocycles. The van der Waals surface area contributed by atoms with Gasteiger partial charge in [0, 0.05) is 36.7 Å². The molecule has 0 radical (unpaired) electrons. The summed E-state index contributed by atoms with van der Waals surface area (Å²) >= 11 is 6.21. The molecule has 5 rings (SSSR count). The monoisotopic (exact) mass is 484 g/mol. The van der Waals surface area contributed by atoms with Crippen molar-refractivity contribution in [1.29, 1.82) is 5.26 Å². The first kappa shape index (κ1) is 21.8. The molecule has 33 heavy (non-hydrogen) atoms. The van der Waals surface area contributed by atoms with Gasteiger partial charge in [-0.05, 0) is 36.1 Å². The lowest BCUT2D eigenvalue weighted by Crippen LogP contribution is -2.44. The van der Waals surface area contributed by atoms with Crippen LogP contribution in [0.4, 0.5) is 5.69 Å². The number of sulfonamides is 1. The molecule has 2 aliphatic rings. The largest absolute Gasteiger partial charge is 0.322 e. The standard InChI is InChI=1S/C22H21ClN6O3S/c1-28-20-15(8-26-28)7-25-9-19(20)27-21(30)18-11-29(10-14-2-3-16(23)6-17(14)18)33(31,32)13-22(12-24)4-5-22/h2-3,6-9,18H,4-5,10-11,13H2,1H3,(H,27,30)/t18-/m1/s1. The highest BCUT2D eigenvalue weighted by molar-refractivity contribution is 7.89. The van der Waals surface area contributed by atoms with Crippen LogP contribution in [0.15, 0.2) is 36.8 Å². The summed E-state index contributed by atoms with van der Waals surface area (Å²) in [6.45, 7) is 0.108. The van der Waals surface area contributed by atoms with Gasteiger partial charge in [0.15, 0.2) is 0 Å². The second-order valence-corrected chi connectivity index (χ2v) is 11.1. The maximum absolute atomic E-state index is 13.5. The Labute approximate surface area is 196 Å². The number of nitrogens with one attached hydrogen (secondary N) is 1. The Morgan fingerprint density at radius 2 is 2.12 bits per heavy atom. The molecule has 11 heteroatoms. The second kappa shape index (κ2) is 7.80. The molecule has 170 valence electrons. The van der Waals surface area contributed by atoms with Crippen LogP contribution in [0.2, 0.25) is 5.02 Å². The number of benzene rings is 1. The predicted molar refractivity (Wildman–Crippen MR) is 123 cm³/mol. The molecule has 1 N–H and O–H groups in total. The number of carbonyl (C=O) groups excluding carboxylic acids is 1. The molecule has 9 nitrogen and oxygen atoms in total. The summed E-state index contributed by atoms with van der Waals surface area (Å²) in [4.78, 5) is 17.6. The molecule has 0 unspecified atom stereocenters. The number of nitriles is 1. The number of fused-ring (bicyclic) bond motifs is 2. The number of anilines is 1. The molecule has 2 aromatic heterocycles. The first-order valence-corrected chi connectivity index (χ1v) is 12.4. The summed E-state index contributed by atoms with van der Waals surface area (Å²) in [5.41, 5.74) is 1.81. The number of amides is 1. The average molecular weight is 485 g/mol. The highest BCUT2D eigenvalue weighted by atomic mass is 35.5. The first-order valence-electron chi connectivity index (χ1n) is 10.5. The highest BCUT2D eigenvalue weighted by Crippen LogP contribution is 2.47. The van der Waals surface area contributed by atoms with Gasteiger partial charge in [-0.3, -0.25) is 14.5 Å². The molecule has 1 amide bonds. The highest BCUT2D eigenvalue weighted by Gasteiger charge is 2.49. The zero-order valence-corrected chi connectivity index (χ0v) is 19.4. The van der Waals surface area contributed by atoms with Crippen LogP contribution in [-0.2, 0) is 28.4 Å². The van der Waals surface area contributed by atoms with Crippen LogP contribution in [0.5, 0.6) is 0 Å². The van der Waals surface area contributed by atoms with E-state index >= 15 is 0 Å². The molecular weight excluding hydrogens is 464 g/mol. The Bertz CT molecular complexity index is 1420. The van der Waals surface area contributed by atoms with Crippen LogP contribution in [0.1, 0.15) is 29.9 Å². The van der Waals surface area contributed by atoms with E-state index in [2.05, 4.69) is 21.5 Å². The molecule has 0 bridgehead atoms. The van der Waals surface area contributed by atoms with Crippen molar-refractivity contribution in [2.45, 2.75) is 25.3 Å². The minimum absolute atomic E-state index is 0.0300. The van der Waals surface area contributed by atoms with E-state index in [0.717, 1.165) is 10.9 Å². The fourth-order valence-corrected chi connectivity index (χ4v) is 6.48. The molecule has 1 fully saturated rings. The number of aryl methyl sites for hydroxylation is 1. The summed E-state index contributed by atoms with van der Waals surface area (Å²) in [6, 6.07) is 7.29. The SMILES string of the molecule is Cn1ncc2cncc(NC(=O)[C@@H]3CN(S(=O)(=O)CC4(C#N)CC4)Cc4ccc(Cl)cc43)c21. The lowest BCUT2D eigenvalue weighted by molar-refractivity contribution is -0.118. The van der Waals surface area contributed by atoms with Crippen LogP contribution in [0, 0.1) is 16.7 Å². The van der Waals surface area contributed by atoms with Crippen molar-refractivity contribution in [1.82, 2.24) is 19.1 Å². The van der Waals surface area contributed by atoms with Gasteiger partial charge in [-0.1, -0.05) is 17.7 Å². The van der Waals surface area contributed by atoms with Gasteiger partial charge in [-0.15, -0.1) is 0 Å². The average Bonchev–Trinajstić information content (AvgIpc) is 3.45. The van der Waals surface area contributed by atoms with Gasteiger partial charge in [0.25, 0.3) is 0 Å². The summed E-state index contributed by atoms with van der Waals surface area (Å²) < 4.78 is 29.3. The molecule has 3 heterocycles. The van der Waals surface area contributed by atoms with Crippen LogP contribution in [-0.4, -0.2) is 45.7 Å². The summed E-state index contributed by atoms with van der Waals surface area (Å²) in [7, 11) is -1.98. The van der Waals surface area contributed by atoms with Gasteiger partial charge in [0.05, 0.1) is 46.8 Å². The number of hydrogen-bond donors (Lipinski definition) is 1. The van der Waals surface area contributed by atoms with Gasteiger partial charge in [0.2, 0.25) is 15.9 Å². The van der Waals surface area contributed by atoms with E-state index in [9.17, 15) is 18.5 Å². The number of aromatic nitrogens is 3. The molecular formula is C22H21ClN6O3S. The maximum atomic E-state index is 13.5. The van der Waals surface area contributed by atoms with Crippen molar-refractivity contribution >= 4 is 44.1 Å². The topological polar surface area (TPSA) is 121 Å². The third-order valence-electron chi connectivity index (χ3n) is 6.37. The zero-order chi connectivity index (χ0) is 23.4. The molecule has 1 saturated carbocycles. The Morgan fingerprint density at radius 3 is 2.85 bits per heavy atom. The molecule has 1 aliphatic heterocycles. The minimum Gasteiger partial charge on any atom is -0.322 e. The van der Waals surface area contributed by atoms with Crippen molar-refractivity contribution in [3.8, 4) is 6.07 Å². The van der Waals surface area contributed by atoms with E-state index in [0.29, 0.717) is 34.7 Å². The zero-order valence-electron chi connectivity index (χ0n) is 17.8. The van der Waals surface area contributed by atoms with Gasteiger partial charge < -0.3 is 5.32 Å². The van der Waals surface area contributed by atoms with Gasteiger partial charge >= 0.3 is 0 Å². The number of nitrogens with zero attached hydrogens (tertiary/aromatic N) is 5. The van der Waals surface area contributed by atoms with Crippen LogP contribution < -0.4 is 5.32 Å². The quantitative estimate of drug-likeness (QED) is 0.594. The van der Waals surface area contributed by atoms with Gasteiger partial charge in [-0.2, -0.15) is 14.7 Å². The Balaban J connectivity index is 1.48. The summed E-state index contributed by atoms with van der Waals surface area (Å²) in [5.74, 6) is -1.37. The normalized spacial score (nSPS) is 19.6.